The maximum Gasteiger partial charge on any atom is 0.124 e. The molecule has 1 aliphatic heterocycles. The van der Waals surface area contributed by atoms with Crippen molar-refractivity contribution in [2.24, 2.45) is 11.8 Å². The molecule has 0 saturated carbocycles. The molecule has 0 radical (unpaired) electrons. The predicted octanol–water partition coefficient (Wildman–Crippen LogP) is 8.51. The molecular formula is C29H49NO2. The van der Waals surface area contributed by atoms with Crippen LogP contribution in [-0.2, 0) is 4.74 Å². The molecule has 1 atom stereocenters. The van der Waals surface area contributed by atoms with Crippen molar-refractivity contribution in [3.63, 3.8) is 0 Å². The van der Waals surface area contributed by atoms with E-state index >= 15 is 0 Å². The molecule has 1 heterocycles. The summed E-state index contributed by atoms with van der Waals surface area (Å²) in [5.74, 6) is 2.26. The first kappa shape index (κ1) is 29.8. The van der Waals surface area contributed by atoms with Gasteiger partial charge in [-0.2, -0.15) is 0 Å². The molecule has 0 aromatic heterocycles. The molecule has 1 fully saturated rings. The van der Waals surface area contributed by atoms with Crippen molar-refractivity contribution < 1.29 is 9.84 Å². The fraction of sp³-hybridized carbons (Fsp3) is 0.586. The van der Waals surface area contributed by atoms with E-state index in [1.807, 2.05) is 26.8 Å². The zero-order chi connectivity index (χ0) is 25.0. The van der Waals surface area contributed by atoms with Crippen molar-refractivity contribution in [2.75, 3.05) is 20.2 Å². The largest absolute Gasteiger partial charge is 0.512 e. The van der Waals surface area contributed by atoms with Gasteiger partial charge in [0.2, 0.25) is 0 Å². The molecule has 3 nitrogen and oxygen atoms in total. The number of methoxy groups -OCH3 is 1. The van der Waals surface area contributed by atoms with Crippen molar-refractivity contribution in [3.8, 4) is 0 Å². The third kappa shape index (κ3) is 8.76. The Labute approximate surface area is 198 Å². The zero-order valence-corrected chi connectivity index (χ0v) is 22.4. The molecule has 0 aromatic rings. The third-order valence-corrected chi connectivity index (χ3v) is 6.04. The van der Waals surface area contributed by atoms with Crippen LogP contribution in [0.25, 0.3) is 0 Å². The van der Waals surface area contributed by atoms with Gasteiger partial charge in [-0.3, -0.25) is 0 Å². The molecule has 0 bridgehead atoms. The minimum Gasteiger partial charge on any atom is -0.512 e. The lowest BCUT2D eigenvalue weighted by Crippen LogP contribution is -2.24. The number of aliphatic hydroxyl groups is 1. The van der Waals surface area contributed by atoms with Crippen LogP contribution in [0.15, 0.2) is 70.9 Å². The van der Waals surface area contributed by atoms with Crippen LogP contribution in [0.1, 0.15) is 81.1 Å². The Morgan fingerprint density at radius 1 is 1.12 bits per heavy atom. The fourth-order valence-corrected chi connectivity index (χ4v) is 4.43. The van der Waals surface area contributed by atoms with E-state index in [1.54, 1.807) is 14.0 Å². The van der Waals surface area contributed by atoms with Crippen LogP contribution in [0, 0.1) is 11.8 Å². The topological polar surface area (TPSA) is 32.7 Å². The molecule has 1 aliphatic rings. The zero-order valence-electron chi connectivity index (χ0n) is 22.4. The van der Waals surface area contributed by atoms with Crippen LogP contribution < -0.4 is 0 Å². The quantitative estimate of drug-likeness (QED) is 0.209. The minimum atomic E-state index is 0.359. The lowest BCUT2D eigenvalue weighted by atomic mass is 9.81. The van der Waals surface area contributed by atoms with Crippen LogP contribution in [0.2, 0.25) is 0 Å². The van der Waals surface area contributed by atoms with Crippen molar-refractivity contribution in [2.45, 2.75) is 81.1 Å². The van der Waals surface area contributed by atoms with E-state index < -0.39 is 0 Å². The molecule has 1 rings (SSSR count). The van der Waals surface area contributed by atoms with Gasteiger partial charge in [0.1, 0.15) is 5.76 Å². The molecule has 0 aromatic carbocycles. The summed E-state index contributed by atoms with van der Waals surface area (Å²) < 4.78 is 5.62. The highest BCUT2D eigenvalue weighted by Crippen LogP contribution is 2.41. The molecule has 1 N–H and O–H groups in total. The second-order valence-corrected chi connectivity index (χ2v) is 9.30. The Balaban J connectivity index is 0.00000220. The van der Waals surface area contributed by atoms with Crippen LogP contribution in [0.5, 0.6) is 0 Å². The van der Waals surface area contributed by atoms with Gasteiger partial charge in [0.25, 0.3) is 0 Å². The Hall–Kier alpha value is -2.16. The smallest absolute Gasteiger partial charge is 0.124 e. The van der Waals surface area contributed by atoms with Gasteiger partial charge in [-0.25, -0.2) is 0 Å². The number of aliphatic hydroxyl groups excluding tert-OH is 1. The number of hydrogen-bond acceptors (Lipinski definition) is 3. The third-order valence-electron chi connectivity index (χ3n) is 6.04. The molecule has 0 amide bonds. The van der Waals surface area contributed by atoms with E-state index in [9.17, 15) is 5.11 Å². The SMILES string of the molecule is C=C(C)C.C=C/C(C)=C(OC)\C(C)=C(/C)CN1CC(C(CCC)CCC)/C(=C(/C)O)C1=C. The summed E-state index contributed by atoms with van der Waals surface area (Å²) in [7, 11) is 1.71. The first-order valence-corrected chi connectivity index (χ1v) is 12.0. The molecule has 0 spiro atoms. The number of allylic oxidation sites excluding steroid dienone is 6. The summed E-state index contributed by atoms with van der Waals surface area (Å²) >= 11 is 0. The minimum absolute atomic E-state index is 0.359. The van der Waals surface area contributed by atoms with Gasteiger partial charge in [-0.15, -0.1) is 6.58 Å². The predicted molar refractivity (Wildman–Crippen MR) is 142 cm³/mol. The highest BCUT2D eigenvalue weighted by Gasteiger charge is 2.36. The van der Waals surface area contributed by atoms with Crippen LogP contribution >= 0.6 is 0 Å². The Morgan fingerprint density at radius 3 is 2.00 bits per heavy atom. The number of nitrogens with zero attached hydrogens (tertiary/aromatic N) is 1. The number of ether oxygens (including phenoxy) is 1. The van der Waals surface area contributed by atoms with Crippen molar-refractivity contribution in [1.29, 1.82) is 0 Å². The van der Waals surface area contributed by atoms with Crippen LogP contribution in [-0.4, -0.2) is 30.2 Å². The van der Waals surface area contributed by atoms with E-state index in [0.29, 0.717) is 17.6 Å². The van der Waals surface area contributed by atoms with Crippen LogP contribution in [0.3, 0.4) is 0 Å². The monoisotopic (exact) mass is 443 g/mol. The fourth-order valence-electron chi connectivity index (χ4n) is 4.43. The van der Waals surface area contributed by atoms with Gasteiger partial charge < -0.3 is 14.7 Å². The maximum absolute atomic E-state index is 10.4. The highest BCUT2D eigenvalue weighted by atomic mass is 16.5. The van der Waals surface area contributed by atoms with E-state index in [0.717, 1.165) is 41.3 Å². The molecule has 0 aliphatic carbocycles. The number of hydrogen-bond donors (Lipinski definition) is 1. The van der Waals surface area contributed by atoms with Gasteiger partial charge in [0.05, 0.1) is 12.9 Å². The van der Waals surface area contributed by atoms with Gasteiger partial charge in [-0.1, -0.05) is 64.3 Å². The number of likely N-dealkylation sites (tertiary alicyclic amines) is 1. The Kier molecular flexibility index (Phi) is 13.8. The first-order valence-electron chi connectivity index (χ1n) is 12.0. The molecule has 182 valence electrons. The van der Waals surface area contributed by atoms with Gasteiger partial charge in [-0.05, 0) is 64.2 Å². The van der Waals surface area contributed by atoms with E-state index in [1.165, 1.54) is 36.8 Å². The normalized spacial score (nSPS) is 19.1. The van der Waals surface area contributed by atoms with Crippen molar-refractivity contribution in [1.82, 2.24) is 4.90 Å². The van der Waals surface area contributed by atoms with Gasteiger partial charge in [0, 0.05) is 30.3 Å². The first-order chi connectivity index (χ1) is 15.0. The second-order valence-electron chi connectivity index (χ2n) is 9.30. The average molecular weight is 444 g/mol. The summed E-state index contributed by atoms with van der Waals surface area (Å²) in [5, 5.41) is 10.4. The van der Waals surface area contributed by atoms with E-state index in [-0.39, 0.29) is 0 Å². The summed E-state index contributed by atoms with van der Waals surface area (Å²) in [6, 6.07) is 0. The summed E-state index contributed by atoms with van der Waals surface area (Å²) in [4.78, 5) is 2.33. The standard InChI is InChI=1S/C25H41NO2.C4H8/c1-10-13-22(14-11-2)23-16-26(20(7)24(23)21(8)27)15-18(5)19(6)25(28-9)17(4)12-3;1-4(2)3/h12,22-23,27H,3,7,10-11,13-16H2,1-2,4-6,8-9H3;1H2,2-3H3/b19-18+,24-21-,25-17+;. The summed E-state index contributed by atoms with van der Waals surface area (Å²) in [6.45, 7) is 30.0. The average Bonchev–Trinajstić information content (AvgIpc) is 3.03. The van der Waals surface area contributed by atoms with Crippen molar-refractivity contribution in [3.05, 3.63) is 70.9 Å². The Bertz CT molecular complexity index is 737. The molecular weight excluding hydrogens is 394 g/mol. The molecule has 1 unspecified atom stereocenters. The number of rotatable bonds is 10. The molecule has 1 saturated heterocycles. The van der Waals surface area contributed by atoms with E-state index in [4.69, 9.17) is 4.74 Å². The van der Waals surface area contributed by atoms with Gasteiger partial charge >= 0.3 is 0 Å². The van der Waals surface area contributed by atoms with Crippen molar-refractivity contribution >= 4 is 0 Å². The van der Waals surface area contributed by atoms with Gasteiger partial charge in [0.15, 0.2) is 0 Å². The summed E-state index contributed by atoms with van der Waals surface area (Å²) in [6.07, 6.45) is 6.56. The highest BCUT2D eigenvalue weighted by molar-refractivity contribution is 5.40. The second kappa shape index (κ2) is 14.8. The lowest BCUT2D eigenvalue weighted by Gasteiger charge is -2.25. The van der Waals surface area contributed by atoms with E-state index in [2.05, 4.69) is 52.3 Å². The maximum atomic E-state index is 10.4. The Morgan fingerprint density at radius 2 is 1.62 bits per heavy atom. The lowest BCUT2D eigenvalue weighted by molar-refractivity contribution is 0.285. The molecule has 3 heteroatoms. The summed E-state index contributed by atoms with van der Waals surface area (Å²) in [5.41, 5.74) is 6.62. The van der Waals surface area contributed by atoms with Crippen LogP contribution in [0.4, 0.5) is 0 Å². The molecule has 32 heavy (non-hydrogen) atoms.